The summed E-state index contributed by atoms with van der Waals surface area (Å²) < 4.78 is 0. The van der Waals surface area contributed by atoms with E-state index in [0.29, 0.717) is 0 Å². The van der Waals surface area contributed by atoms with Crippen LogP contribution in [0.4, 0.5) is 0 Å². The van der Waals surface area contributed by atoms with E-state index in [1.807, 2.05) is 14.1 Å². The minimum Gasteiger partial charge on any atom is -0.387 e. The molecule has 0 amide bonds. The maximum Gasteiger partial charge on any atom is 0.0900 e. The highest BCUT2D eigenvalue weighted by molar-refractivity contribution is 4.87. The summed E-state index contributed by atoms with van der Waals surface area (Å²) in [6.07, 6.45) is 2.05. The maximum absolute atomic E-state index is 10.1. The average molecular weight is 172 g/mol. The lowest BCUT2D eigenvalue weighted by molar-refractivity contribution is -0.0390. The monoisotopic (exact) mass is 172 g/mol. The van der Waals surface area contributed by atoms with Gasteiger partial charge in [0, 0.05) is 13.1 Å². The zero-order valence-corrected chi connectivity index (χ0v) is 8.38. The van der Waals surface area contributed by atoms with Gasteiger partial charge in [0.1, 0.15) is 0 Å². The Labute approximate surface area is 75.0 Å². The molecule has 0 aromatic carbocycles. The van der Waals surface area contributed by atoms with E-state index in [9.17, 15) is 5.11 Å². The van der Waals surface area contributed by atoms with Crippen LogP contribution in [0.2, 0.25) is 0 Å². The third-order valence-corrected chi connectivity index (χ3v) is 2.36. The van der Waals surface area contributed by atoms with Gasteiger partial charge in [0.25, 0.3) is 0 Å². The van der Waals surface area contributed by atoms with Gasteiger partial charge in [-0.05, 0) is 40.5 Å². The van der Waals surface area contributed by atoms with Gasteiger partial charge in [-0.15, -0.1) is 0 Å². The average Bonchev–Trinajstić information content (AvgIpc) is 1.82. The van der Waals surface area contributed by atoms with Gasteiger partial charge in [0.2, 0.25) is 0 Å². The summed E-state index contributed by atoms with van der Waals surface area (Å²) in [5, 5.41) is 10.1. The molecule has 0 aromatic heterocycles. The SMILES string of the molecule is CN(C)CC1(O)CCCN(C)C1. The highest BCUT2D eigenvalue weighted by Gasteiger charge is 2.31. The number of aliphatic hydroxyl groups is 1. The Kier molecular flexibility index (Phi) is 3.09. The van der Waals surface area contributed by atoms with Gasteiger partial charge in [-0.3, -0.25) is 0 Å². The Bertz CT molecular complexity index is 145. The van der Waals surface area contributed by atoms with E-state index < -0.39 is 5.60 Å². The van der Waals surface area contributed by atoms with Crippen LogP contribution >= 0.6 is 0 Å². The molecule has 1 atom stereocenters. The quantitative estimate of drug-likeness (QED) is 0.635. The molecule has 0 aromatic rings. The number of β-amino-alcohol motifs (C(OH)–C–C–N with tert-alkyl or cyclic N) is 1. The van der Waals surface area contributed by atoms with Gasteiger partial charge in [0.15, 0.2) is 0 Å². The molecule has 0 aliphatic carbocycles. The summed E-state index contributed by atoms with van der Waals surface area (Å²) in [6, 6.07) is 0. The molecule has 1 aliphatic heterocycles. The zero-order valence-electron chi connectivity index (χ0n) is 8.38. The van der Waals surface area contributed by atoms with Crippen molar-refractivity contribution in [1.29, 1.82) is 0 Å². The Balaban J connectivity index is 2.45. The topological polar surface area (TPSA) is 26.7 Å². The summed E-state index contributed by atoms with van der Waals surface area (Å²) in [7, 11) is 6.08. The third-order valence-electron chi connectivity index (χ3n) is 2.36. The Hall–Kier alpha value is -0.120. The number of likely N-dealkylation sites (N-methyl/N-ethyl adjacent to an activating group) is 2. The molecule has 1 unspecified atom stereocenters. The zero-order chi connectivity index (χ0) is 9.19. The van der Waals surface area contributed by atoms with Crippen molar-refractivity contribution in [3.05, 3.63) is 0 Å². The van der Waals surface area contributed by atoms with Crippen LogP contribution in [-0.2, 0) is 0 Å². The molecule has 1 N–H and O–H groups in total. The van der Waals surface area contributed by atoms with Gasteiger partial charge in [-0.1, -0.05) is 0 Å². The largest absolute Gasteiger partial charge is 0.387 e. The highest BCUT2D eigenvalue weighted by atomic mass is 16.3. The fraction of sp³-hybridized carbons (Fsp3) is 1.00. The molecular formula is C9H20N2O. The second-order valence-corrected chi connectivity index (χ2v) is 4.30. The molecule has 1 heterocycles. The molecule has 0 bridgehead atoms. The number of hydrogen-bond acceptors (Lipinski definition) is 3. The summed E-state index contributed by atoms with van der Waals surface area (Å²) in [6.45, 7) is 2.71. The predicted molar refractivity (Wildman–Crippen MR) is 50.2 cm³/mol. The van der Waals surface area contributed by atoms with Crippen molar-refractivity contribution >= 4 is 0 Å². The Morgan fingerprint density at radius 2 is 2.17 bits per heavy atom. The summed E-state index contributed by atoms with van der Waals surface area (Å²) in [5.41, 5.74) is -0.476. The van der Waals surface area contributed by atoms with E-state index in [0.717, 1.165) is 32.5 Å². The predicted octanol–water partition coefficient (Wildman–Crippen LogP) is 0.00470. The van der Waals surface area contributed by atoms with Gasteiger partial charge >= 0.3 is 0 Å². The molecule has 1 saturated heterocycles. The van der Waals surface area contributed by atoms with Crippen LogP contribution < -0.4 is 0 Å². The van der Waals surface area contributed by atoms with E-state index in [4.69, 9.17) is 0 Å². The highest BCUT2D eigenvalue weighted by Crippen LogP contribution is 2.20. The Morgan fingerprint density at radius 3 is 2.67 bits per heavy atom. The molecule has 1 fully saturated rings. The first-order valence-electron chi connectivity index (χ1n) is 4.57. The van der Waals surface area contributed by atoms with Gasteiger partial charge in [-0.25, -0.2) is 0 Å². The summed E-state index contributed by atoms with van der Waals surface area (Å²) in [4.78, 5) is 4.26. The van der Waals surface area contributed by atoms with Crippen LogP contribution in [0.1, 0.15) is 12.8 Å². The number of rotatable bonds is 2. The van der Waals surface area contributed by atoms with Crippen molar-refractivity contribution in [2.24, 2.45) is 0 Å². The lowest BCUT2D eigenvalue weighted by Gasteiger charge is -2.38. The second-order valence-electron chi connectivity index (χ2n) is 4.30. The molecule has 0 saturated carbocycles. The Morgan fingerprint density at radius 1 is 1.50 bits per heavy atom. The molecular weight excluding hydrogens is 152 g/mol. The van der Waals surface area contributed by atoms with E-state index in [1.165, 1.54) is 0 Å². The fourth-order valence-corrected chi connectivity index (χ4v) is 2.06. The van der Waals surface area contributed by atoms with Gasteiger partial charge in [0.05, 0.1) is 5.60 Å². The fourth-order valence-electron chi connectivity index (χ4n) is 2.06. The molecule has 12 heavy (non-hydrogen) atoms. The van der Waals surface area contributed by atoms with Gasteiger partial charge in [-0.2, -0.15) is 0 Å². The normalized spacial score (nSPS) is 32.8. The van der Waals surface area contributed by atoms with Crippen molar-refractivity contribution in [3.63, 3.8) is 0 Å². The van der Waals surface area contributed by atoms with E-state index in [2.05, 4.69) is 16.8 Å². The smallest absolute Gasteiger partial charge is 0.0900 e. The number of likely N-dealkylation sites (tertiary alicyclic amines) is 1. The summed E-state index contributed by atoms with van der Waals surface area (Å²) in [5.74, 6) is 0. The van der Waals surface area contributed by atoms with Crippen molar-refractivity contribution in [2.75, 3.05) is 40.8 Å². The lowest BCUT2D eigenvalue weighted by Crippen LogP contribution is -2.51. The molecule has 0 spiro atoms. The number of nitrogens with zero attached hydrogens (tertiary/aromatic N) is 2. The second kappa shape index (κ2) is 3.73. The van der Waals surface area contributed by atoms with Crippen LogP contribution in [0.25, 0.3) is 0 Å². The van der Waals surface area contributed by atoms with Crippen molar-refractivity contribution in [2.45, 2.75) is 18.4 Å². The minimum absolute atomic E-state index is 0.476. The van der Waals surface area contributed by atoms with Crippen molar-refractivity contribution in [3.8, 4) is 0 Å². The first kappa shape index (κ1) is 9.96. The van der Waals surface area contributed by atoms with E-state index in [1.54, 1.807) is 0 Å². The summed E-state index contributed by atoms with van der Waals surface area (Å²) >= 11 is 0. The standard InChI is InChI=1S/C9H20N2O/c1-10(2)7-9(12)5-4-6-11(3)8-9/h12H,4-8H2,1-3H3. The molecule has 3 heteroatoms. The lowest BCUT2D eigenvalue weighted by atomic mass is 9.93. The molecule has 0 radical (unpaired) electrons. The number of hydrogen-bond donors (Lipinski definition) is 1. The van der Waals surface area contributed by atoms with Crippen LogP contribution in [0.15, 0.2) is 0 Å². The van der Waals surface area contributed by atoms with Crippen LogP contribution in [0, 0.1) is 0 Å². The van der Waals surface area contributed by atoms with Gasteiger partial charge < -0.3 is 14.9 Å². The molecule has 1 rings (SSSR count). The first-order valence-corrected chi connectivity index (χ1v) is 4.57. The number of piperidine rings is 1. The molecule has 72 valence electrons. The molecule has 1 aliphatic rings. The van der Waals surface area contributed by atoms with Crippen LogP contribution in [0.3, 0.4) is 0 Å². The molecule has 3 nitrogen and oxygen atoms in total. The van der Waals surface area contributed by atoms with Crippen molar-refractivity contribution in [1.82, 2.24) is 9.80 Å². The van der Waals surface area contributed by atoms with Crippen LogP contribution in [0.5, 0.6) is 0 Å². The first-order chi connectivity index (χ1) is 5.52. The van der Waals surface area contributed by atoms with Crippen LogP contribution in [-0.4, -0.2) is 61.3 Å². The van der Waals surface area contributed by atoms with E-state index >= 15 is 0 Å². The third kappa shape index (κ3) is 2.73. The van der Waals surface area contributed by atoms with Crippen molar-refractivity contribution < 1.29 is 5.11 Å². The van der Waals surface area contributed by atoms with E-state index in [-0.39, 0.29) is 0 Å². The minimum atomic E-state index is -0.476. The maximum atomic E-state index is 10.1.